The maximum absolute atomic E-state index is 4.57. The highest BCUT2D eigenvalue weighted by Crippen LogP contribution is 2.36. The zero-order valence-electron chi connectivity index (χ0n) is 13.3. The molecule has 2 nitrogen and oxygen atoms in total. The lowest BCUT2D eigenvalue weighted by Gasteiger charge is -2.28. The summed E-state index contributed by atoms with van der Waals surface area (Å²) in [4.78, 5) is 9.14. The van der Waals surface area contributed by atoms with Gasteiger partial charge in [-0.3, -0.25) is 0 Å². The summed E-state index contributed by atoms with van der Waals surface area (Å²) in [5.41, 5.74) is 1.37. The molecule has 1 saturated carbocycles. The third-order valence-electron chi connectivity index (χ3n) is 4.74. The molecule has 0 saturated heterocycles. The normalized spacial score (nSPS) is 22.9. The van der Waals surface area contributed by atoms with Gasteiger partial charge in [0.05, 0.1) is 0 Å². The van der Waals surface area contributed by atoms with Crippen molar-refractivity contribution in [1.29, 1.82) is 0 Å². The van der Waals surface area contributed by atoms with E-state index in [-0.39, 0.29) is 0 Å². The van der Waals surface area contributed by atoms with Gasteiger partial charge in [-0.15, -0.1) is 0 Å². The Bertz CT molecular complexity index is 364. The minimum atomic E-state index is 0.716. The lowest BCUT2D eigenvalue weighted by Crippen LogP contribution is -2.13. The topological polar surface area (TPSA) is 25.8 Å². The van der Waals surface area contributed by atoms with Gasteiger partial charge in [0.1, 0.15) is 5.82 Å². The predicted octanol–water partition coefficient (Wildman–Crippen LogP) is 5.28. The fraction of sp³-hybridized carbons (Fsp3) is 0.778. The Morgan fingerprint density at radius 2 is 1.65 bits per heavy atom. The maximum atomic E-state index is 4.57. The fourth-order valence-corrected chi connectivity index (χ4v) is 3.43. The highest BCUT2D eigenvalue weighted by molar-refractivity contribution is 5.12. The van der Waals surface area contributed by atoms with Crippen molar-refractivity contribution in [1.82, 2.24) is 9.97 Å². The van der Waals surface area contributed by atoms with Crippen LogP contribution in [0.1, 0.15) is 88.9 Å². The van der Waals surface area contributed by atoms with Crippen molar-refractivity contribution in [3.63, 3.8) is 0 Å². The maximum Gasteiger partial charge on any atom is 0.128 e. The summed E-state index contributed by atoms with van der Waals surface area (Å²) >= 11 is 0. The molecule has 1 aliphatic carbocycles. The van der Waals surface area contributed by atoms with Crippen LogP contribution in [0.15, 0.2) is 12.4 Å². The molecule has 2 rings (SSSR count). The van der Waals surface area contributed by atoms with Gasteiger partial charge < -0.3 is 0 Å². The molecule has 1 aromatic heterocycles. The largest absolute Gasteiger partial charge is 0.241 e. The summed E-state index contributed by atoms with van der Waals surface area (Å²) in [5, 5.41) is 0. The van der Waals surface area contributed by atoms with Crippen LogP contribution in [-0.2, 0) is 6.42 Å². The molecule has 0 amide bonds. The molecule has 1 heterocycles. The summed E-state index contributed by atoms with van der Waals surface area (Å²) in [5.74, 6) is 2.72. The van der Waals surface area contributed by atoms with Gasteiger partial charge in [-0.2, -0.15) is 0 Å². The smallest absolute Gasteiger partial charge is 0.128 e. The summed E-state index contributed by atoms with van der Waals surface area (Å²) < 4.78 is 0. The van der Waals surface area contributed by atoms with Gasteiger partial charge >= 0.3 is 0 Å². The van der Waals surface area contributed by atoms with Crippen molar-refractivity contribution in [3.05, 3.63) is 23.8 Å². The summed E-state index contributed by atoms with van der Waals surface area (Å²) in [6.45, 7) is 4.54. The van der Waals surface area contributed by atoms with Crippen LogP contribution in [0.25, 0.3) is 0 Å². The molecule has 0 unspecified atom stereocenters. The van der Waals surface area contributed by atoms with Gasteiger partial charge in [0.2, 0.25) is 0 Å². The number of aryl methyl sites for hydroxylation is 1. The van der Waals surface area contributed by atoms with Crippen molar-refractivity contribution in [2.45, 2.75) is 84.0 Å². The standard InChI is InChI=1S/C18H30N2/c1-3-5-6-8-18-19-13-17(14-20-18)16-11-9-15(7-4-2)10-12-16/h13-16H,3-12H2,1-2H3/t15-,16-. The lowest BCUT2D eigenvalue weighted by atomic mass is 9.78. The summed E-state index contributed by atoms with van der Waals surface area (Å²) in [6, 6.07) is 0. The Morgan fingerprint density at radius 1 is 0.950 bits per heavy atom. The molecule has 0 radical (unpaired) electrons. The summed E-state index contributed by atoms with van der Waals surface area (Å²) in [7, 11) is 0. The van der Waals surface area contributed by atoms with Crippen LogP contribution >= 0.6 is 0 Å². The van der Waals surface area contributed by atoms with E-state index >= 15 is 0 Å². The molecule has 20 heavy (non-hydrogen) atoms. The van der Waals surface area contributed by atoms with E-state index in [4.69, 9.17) is 0 Å². The predicted molar refractivity (Wildman–Crippen MR) is 84.9 cm³/mol. The van der Waals surface area contributed by atoms with Crippen LogP contribution in [0.5, 0.6) is 0 Å². The first-order chi connectivity index (χ1) is 9.83. The SMILES string of the molecule is CCCCCc1ncc([C@H]2CC[C@H](CCC)CC2)cn1. The minimum absolute atomic E-state index is 0.716. The highest BCUT2D eigenvalue weighted by Gasteiger charge is 2.22. The van der Waals surface area contributed by atoms with Crippen LogP contribution in [0, 0.1) is 5.92 Å². The van der Waals surface area contributed by atoms with Gasteiger partial charge in [-0.1, -0.05) is 39.5 Å². The van der Waals surface area contributed by atoms with Crippen LogP contribution in [0.3, 0.4) is 0 Å². The van der Waals surface area contributed by atoms with Gasteiger partial charge in [0.15, 0.2) is 0 Å². The second kappa shape index (κ2) is 8.39. The van der Waals surface area contributed by atoms with Crippen LogP contribution in [0.2, 0.25) is 0 Å². The van der Waals surface area contributed by atoms with E-state index in [0.717, 1.165) is 18.2 Å². The Balaban J connectivity index is 1.81. The molecule has 0 aliphatic heterocycles. The van der Waals surface area contributed by atoms with E-state index < -0.39 is 0 Å². The zero-order chi connectivity index (χ0) is 14.2. The van der Waals surface area contributed by atoms with Gasteiger partial charge in [0.25, 0.3) is 0 Å². The Kier molecular flexibility index (Phi) is 6.49. The monoisotopic (exact) mass is 274 g/mol. The minimum Gasteiger partial charge on any atom is -0.241 e. The Labute approximate surface area is 124 Å². The van der Waals surface area contributed by atoms with E-state index in [1.807, 2.05) is 0 Å². The van der Waals surface area contributed by atoms with Gasteiger partial charge in [-0.25, -0.2) is 9.97 Å². The second-order valence-electron chi connectivity index (χ2n) is 6.40. The third kappa shape index (κ3) is 4.57. The molecule has 0 bridgehead atoms. The molecule has 1 aromatic rings. The first kappa shape index (κ1) is 15.5. The van der Waals surface area contributed by atoms with Crippen LogP contribution in [-0.4, -0.2) is 9.97 Å². The lowest BCUT2D eigenvalue weighted by molar-refractivity contribution is 0.307. The number of rotatable bonds is 7. The Hall–Kier alpha value is -0.920. The van der Waals surface area contributed by atoms with Crippen molar-refractivity contribution in [3.8, 4) is 0 Å². The Morgan fingerprint density at radius 3 is 2.25 bits per heavy atom. The number of hydrogen-bond donors (Lipinski definition) is 0. The van der Waals surface area contributed by atoms with Gasteiger partial charge in [0, 0.05) is 18.8 Å². The highest BCUT2D eigenvalue weighted by atomic mass is 14.9. The van der Waals surface area contributed by atoms with E-state index in [1.165, 1.54) is 63.4 Å². The van der Waals surface area contributed by atoms with Crippen molar-refractivity contribution in [2.75, 3.05) is 0 Å². The molecular weight excluding hydrogens is 244 g/mol. The zero-order valence-corrected chi connectivity index (χ0v) is 13.3. The first-order valence-electron chi connectivity index (χ1n) is 8.64. The van der Waals surface area contributed by atoms with Gasteiger partial charge in [-0.05, 0) is 49.5 Å². The summed E-state index contributed by atoms with van der Waals surface area (Å²) in [6.07, 6.45) is 17.2. The molecule has 1 fully saturated rings. The molecule has 0 aromatic carbocycles. The van der Waals surface area contributed by atoms with E-state index in [9.17, 15) is 0 Å². The molecular formula is C18H30N2. The number of unbranched alkanes of at least 4 members (excludes halogenated alkanes) is 2. The van der Waals surface area contributed by atoms with Crippen LogP contribution < -0.4 is 0 Å². The van der Waals surface area contributed by atoms with Crippen molar-refractivity contribution < 1.29 is 0 Å². The van der Waals surface area contributed by atoms with Crippen molar-refractivity contribution in [2.24, 2.45) is 5.92 Å². The number of aromatic nitrogens is 2. The number of nitrogens with zero attached hydrogens (tertiary/aromatic N) is 2. The van der Waals surface area contributed by atoms with E-state index in [1.54, 1.807) is 0 Å². The van der Waals surface area contributed by atoms with Crippen molar-refractivity contribution >= 4 is 0 Å². The van der Waals surface area contributed by atoms with Crippen LogP contribution in [0.4, 0.5) is 0 Å². The molecule has 2 heteroatoms. The number of hydrogen-bond acceptors (Lipinski definition) is 2. The van der Waals surface area contributed by atoms with E-state index in [0.29, 0.717) is 5.92 Å². The molecule has 0 spiro atoms. The quantitative estimate of drug-likeness (QED) is 0.632. The average Bonchev–Trinajstić information content (AvgIpc) is 2.49. The third-order valence-corrected chi connectivity index (χ3v) is 4.74. The molecule has 0 N–H and O–H groups in total. The first-order valence-corrected chi connectivity index (χ1v) is 8.64. The fourth-order valence-electron chi connectivity index (χ4n) is 3.43. The molecule has 112 valence electrons. The second-order valence-corrected chi connectivity index (χ2v) is 6.40. The molecule has 0 atom stereocenters. The average molecular weight is 274 g/mol. The van der Waals surface area contributed by atoms with E-state index in [2.05, 4.69) is 36.2 Å². The molecule has 1 aliphatic rings.